The molecule has 0 radical (unpaired) electrons. The van der Waals surface area contributed by atoms with Crippen LogP contribution in [0.5, 0.6) is 0 Å². The number of esters is 1. The minimum Gasteiger partial charge on any atom is -0.456 e. The monoisotopic (exact) mass is 320 g/mol. The van der Waals surface area contributed by atoms with Crippen molar-refractivity contribution in [2.45, 2.75) is 39.7 Å². The number of rotatable bonds is 8. The number of hydrogen-bond donors (Lipinski definition) is 2. The third-order valence-electron chi connectivity index (χ3n) is 3.79. The summed E-state index contributed by atoms with van der Waals surface area (Å²) in [6, 6.07) is 5.50. The number of benzene rings is 1. The molecule has 1 rings (SSSR count). The Balaban J connectivity index is 2.64. The van der Waals surface area contributed by atoms with Crippen LogP contribution in [0.3, 0.4) is 0 Å². The van der Waals surface area contributed by atoms with Crippen molar-refractivity contribution in [3.05, 3.63) is 35.4 Å². The molecule has 0 aliphatic heterocycles. The van der Waals surface area contributed by atoms with Crippen molar-refractivity contribution in [2.75, 3.05) is 6.61 Å². The Labute approximate surface area is 136 Å². The maximum Gasteiger partial charge on any atom is 0.329 e. The molecule has 0 unspecified atom stereocenters. The Hall–Kier alpha value is -2.37. The van der Waals surface area contributed by atoms with Gasteiger partial charge in [-0.05, 0) is 17.9 Å². The van der Waals surface area contributed by atoms with E-state index < -0.39 is 18.0 Å². The first kappa shape index (κ1) is 18.7. The first-order valence-electron chi connectivity index (χ1n) is 7.73. The molecule has 126 valence electrons. The van der Waals surface area contributed by atoms with Gasteiger partial charge in [0.1, 0.15) is 6.04 Å². The van der Waals surface area contributed by atoms with Crippen LogP contribution in [0.15, 0.2) is 24.3 Å². The van der Waals surface area contributed by atoms with Crippen LogP contribution in [0.2, 0.25) is 0 Å². The summed E-state index contributed by atoms with van der Waals surface area (Å²) in [4.78, 5) is 35.1. The number of hydrogen-bond acceptors (Lipinski definition) is 4. The van der Waals surface area contributed by atoms with Gasteiger partial charge in [0.25, 0.3) is 0 Å². The van der Waals surface area contributed by atoms with E-state index in [4.69, 9.17) is 10.5 Å². The van der Waals surface area contributed by atoms with Crippen molar-refractivity contribution in [1.29, 1.82) is 0 Å². The van der Waals surface area contributed by atoms with Crippen molar-refractivity contribution in [3.63, 3.8) is 0 Å². The lowest BCUT2D eigenvalue weighted by Gasteiger charge is -2.21. The fraction of sp³-hybridized carbons (Fsp3) is 0.471. The van der Waals surface area contributed by atoms with E-state index in [1.54, 1.807) is 19.1 Å². The lowest BCUT2D eigenvalue weighted by atomic mass is 9.99. The van der Waals surface area contributed by atoms with Gasteiger partial charge < -0.3 is 15.8 Å². The molecule has 1 aromatic rings. The number of ether oxygens (including phenoxy) is 1. The van der Waals surface area contributed by atoms with Crippen LogP contribution in [0.1, 0.15) is 43.1 Å². The molecule has 6 heteroatoms. The number of Topliss-reactive ketones (excluding diaryl/α,β-unsaturated/α-hetero) is 1. The number of nitrogens with two attached hydrogens (primary N) is 1. The van der Waals surface area contributed by atoms with Gasteiger partial charge in [0, 0.05) is 5.56 Å². The molecule has 0 aromatic heterocycles. The molecule has 0 fully saturated rings. The molecule has 2 atom stereocenters. The average molecular weight is 320 g/mol. The van der Waals surface area contributed by atoms with E-state index >= 15 is 0 Å². The van der Waals surface area contributed by atoms with Crippen LogP contribution in [-0.4, -0.2) is 30.4 Å². The van der Waals surface area contributed by atoms with Gasteiger partial charge in [-0.2, -0.15) is 0 Å². The molecular weight excluding hydrogens is 296 g/mol. The van der Waals surface area contributed by atoms with Gasteiger partial charge in [-0.1, -0.05) is 51.5 Å². The number of carbonyl (C=O) groups is 3. The molecule has 0 saturated carbocycles. The van der Waals surface area contributed by atoms with Gasteiger partial charge in [0.05, 0.1) is 0 Å². The Morgan fingerprint density at radius 3 is 2.26 bits per heavy atom. The molecule has 0 aliphatic rings. The second kappa shape index (κ2) is 8.92. The van der Waals surface area contributed by atoms with Gasteiger partial charge in [-0.25, -0.2) is 9.59 Å². The molecule has 0 heterocycles. The van der Waals surface area contributed by atoms with Crippen molar-refractivity contribution < 1.29 is 19.1 Å². The first-order valence-corrected chi connectivity index (χ1v) is 7.73. The number of ketones is 1. The third-order valence-corrected chi connectivity index (χ3v) is 3.79. The first-order chi connectivity index (χ1) is 10.9. The highest BCUT2D eigenvalue weighted by molar-refractivity contribution is 5.98. The molecule has 3 N–H and O–H groups in total. The average Bonchev–Trinajstić information content (AvgIpc) is 2.56. The second-order valence-electron chi connectivity index (χ2n) is 5.45. The summed E-state index contributed by atoms with van der Waals surface area (Å²) >= 11 is 0. The van der Waals surface area contributed by atoms with Crippen molar-refractivity contribution in [1.82, 2.24) is 5.32 Å². The lowest BCUT2D eigenvalue weighted by Crippen LogP contribution is -2.48. The van der Waals surface area contributed by atoms with E-state index in [0.29, 0.717) is 12.0 Å². The largest absolute Gasteiger partial charge is 0.456 e. The second-order valence-corrected chi connectivity index (χ2v) is 5.45. The highest BCUT2D eigenvalue weighted by Crippen LogP contribution is 2.10. The van der Waals surface area contributed by atoms with Crippen molar-refractivity contribution in [2.24, 2.45) is 11.7 Å². The number of urea groups is 1. The van der Waals surface area contributed by atoms with E-state index in [9.17, 15) is 14.4 Å². The molecule has 0 aliphatic carbocycles. The van der Waals surface area contributed by atoms with Gasteiger partial charge in [-0.3, -0.25) is 4.79 Å². The van der Waals surface area contributed by atoms with Gasteiger partial charge in [0.15, 0.2) is 12.4 Å². The minimum absolute atomic E-state index is 0.145. The zero-order valence-electron chi connectivity index (χ0n) is 13.8. The summed E-state index contributed by atoms with van der Waals surface area (Å²) in [5.41, 5.74) is 6.68. The summed E-state index contributed by atoms with van der Waals surface area (Å²) in [6.45, 7) is 5.35. The van der Waals surface area contributed by atoms with Crippen LogP contribution in [-0.2, 0) is 16.0 Å². The van der Waals surface area contributed by atoms with Crippen LogP contribution >= 0.6 is 0 Å². The zero-order valence-corrected chi connectivity index (χ0v) is 13.8. The minimum atomic E-state index is -0.854. The fourth-order valence-corrected chi connectivity index (χ4v) is 2.06. The molecule has 0 spiro atoms. The summed E-state index contributed by atoms with van der Waals surface area (Å²) in [7, 11) is 0. The third kappa shape index (κ3) is 5.73. The molecule has 1 aromatic carbocycles. The predicted molar refractivity (Wildman–Crippen MR) is 87.1 cm³/mol. The lowest BCUT2D eigenvalue weighted by molar-refractivity contribution is -0.146. The summed E-state index contributed by atoms with van der Waals surface area (Å²) < 4.78 is 5.04. The topological polar surface area (TPSA) is 98.5 Å². The Morgan fingerprint density at radius 1 is 1.17 bits per heavy atom. The highest BCUT2D eigenvalue weighted by Gasteiger charge is 2.27. The van der Waals surface area contributed by atoms with Crippen molar-refractivity contribution >= 4 is 17.8 Å². The summed E-state index contributed by atoms with van der Waals surface area (Å²) in [5.74, 6) is -1.09. The van der Waals surface area contributed by atoms with E-state index in [2.05, 4.69) is 5.32 Å². The van der Waals surface area contributed by atoms with Gasteiger partial charge >= 0.3 is 12.0 Å². The maximum absolute atomic E-state index is 12.1. The number of aryl methyl sites for hydroxylation is 1. The molecule has 0 bridgehead atoms. The van der Waals surface area contributed by atoms with Gasteiger partial charge in [0.2, 0.25) is 0 Å². The zero-order chi connectivity index (χ0) is 17.4. The SMILES string of the molecule is CCc1ccc(C(=O)COC(=O)[C@H](NC(N)=O)[C@H](C)CC)cc1. The number of amides is 2. The number of primary amides is 1. The predicted octanol–water partition coefficient (Wildman–Crippen LogP) is 2.06. The van der Waals surface area contributed by atoms with Gasteiger partial charge in [-0.15, -0.1) is 0 Å². The van der Waals surface area contributed by atoms with Crippen LogP contribution in [0.4, 0.5) is 4.79 Å². The Kier molecular flexibility index (Phi) is 7.25. The van der Waals surface area contributed by atoms with Crippen LogP contribution in [0.25, 0.3) is 0 Å². The summed E-state index contributed by atoms with van der Waals surface area (Å²) in [5, 5.41) is 2.36. The van der Waals surface area contributed by atoms with E-state index in [1.807, 2.05) is 26.0 Å². The van der Waals surface area contributed by atoms with Crippen molar-refractivity contribution in [3.8, 4) is 0 Å². The quantitative estimate of drug-likeness (QED) is 0.566. The molecular formula is C17H24N2O4. The van der Waals surface area contributed by atoms with E-state index in [-0.39, 0.29) is 18.3 Å². The normalized spacial score (nSPS) is 13.0. The molecule has 6 nitrogen and oxygen atoms in total. The van der Waals surface area contributed by atoms with Crippen LogP contribution in [0, 0.1) is 5.92 Å². The smallest absolute Gasteiger partial charge is 0.329 e. The van der Waals surface area contributed by atoms with E-state index in [1.165, 1.54) is 0 Å². The molecule has 2 amide bonds. The summed E-state index contributed by atoms with van der Waals surface area (Å²) in [6.07, 6.45) is 1.55. The fourth-order valence-electron chi connectivity index (χ4n) is 2.06. The number of nitrogens with one attached hydrogen (secondary N) is 1. The highest BCUT2D eigenvalue weighted by atomic mass is 16.5. The molecule has 23 heavy (non-hydrogen) atoms. The maximum atomic E-state index is 12.1. The Bertz CT molecular complexity index is 554. The number of carbonyl (C=O) groups excluding carboxylic acids is 3. The Morgan fingerprint density at radius 2 is 1.78 bits per heavy atom. The molecule has 0 saturated heterocycles. The van der Waals surface area contributed by atoms with Crippen LogP contribution < -0.4 is 11.1 Å². The standard InChI is InChI=1S/C17H24N2O4/c1-4-11(3)15(19-17(18)22)16(21)23-10-14(20)13-8-6-12(5-2)7-9-13/h6-9,11,15H,4-5,10H2,1-3H3,(H3,18,19,22)/t11-,15-/m1/s1. The van der Waals surface area contributed by atoms with E-state index in [0.717, 1.165) is 12.0 Å².